The second-order valence-corrected chi connectivity index (χ2v) is 6.84. The lowest BCUT2D eigenvalue weighted by molar-refractivity contribution is -0.0738. The molecule has 0 unspecified atom stereocenters. The van der Waals surface area contributed by atoms with E-state index < -0.39 is 0 Å². The van der Waals surface area contributed by atoms with Crippen LogP contribution in [0.25, 0.3) is 10.9 Å². The molecule has 1 aromatic carbocycles. The third-order valence-electron chi connectivity index (χ3n) is 5.35. The van der Waals surface area contributed by atoms with Crippen LogP contribution >= 0.6 is 0 Å². The molecule has 1 aromatic heterocycles. The molecule has 2 heterocycles. The lowest BCUT2D eigenvalue weighted by atomic mass is 10.0. The van der Waals surface area contributed by atoms with Gasteiger partial charge < -0.3 is 19.4 Å². The number of nitrogens with one attached hydrogen (secondary N) is 1. The van der Waals surface area contributed by atoms with Crippen LogP contribution < -0.4 is 0 Å². The van der Waals surface area contributed by atoms with Crippen molar-refractivity contribution in [2.75, 3.05) is 26.4 Å². The van der Waals surface area contributed by atoms with Gasteiger partial charge in [-0.25, -0.2) is 0 Å². The number of rotatable bonds is 5. The van der Waals surface area contributed by atoms with E-state index in [0.29, 0.717) is 32.3 Å². The molecule has 132 valence electrons. The van der Waals surface area contributed by atoms with Crippen LogP contribution in [0.15, 0.2) is 43.1 Å². The molecule has 1 aliphatic carbocycles. The molecule has 0 spiro atoms. The standard InChI is InChI=1S/C20H24N2O3/c1-2-10-24-13-16-4-6-18-19(16)25-11-9-22(18)20(23)15-3-5-17-14(12-15)7-8-21-17/h2-3,5,7-8,12,16,18-19,21H,1,4,6,9-11,13H2/t16-,18+,19-/m0/s1. The molecule has 4 rings (SSSR count). The van der Waals surface area contributed by atoms with Crippen LogP contribution in [0.2, 0.25) is 0 Å². The zero-order chi connectivity index (χ0) is 17.2. The van der Waals surface area contributed by atoms with Crippen molar-refractivity contribution >= 4 is 16.8 Å². The molecular weight excluding hydrogens is 316 g/mol. The Bertz CT molecular complexity index is 769. The van der Waals surface area contributed by atoms with Crippen LogP contribution in [0.3, 0.4) is 0 Å². The fraction of sp³-hybridized carbons (Fsp3) is 0.450. The highest BCUT2D eigenvalue weighted by molar-refractivity contribution is 5.98. The topological polar surface area (TPSA) is 54.6 Å². The normalized spacial score (nSPS) is 25.9. The summed E-state index contributed by atoms with van der Waals surface area (Å²) in [5.74, 6) is 0.460. The number of H-pyrrole nitrogens is 1. The summed E-state index contributed by atoms with van der Waals surface area (Å²) in [5.41, 5.74) is 1.80. The number of carbonyl (C=O) groups is 1. The Morgan fingerprint density at radius 1 is 1.40 bits per heavy atom. The van der Waals surface area contributed by atoms with Crippen molar-refractivity contribution in [3.63, 3.8) is 0 Å². The van der Waals surface area contributed by atoms with Gasteiger partial charge in [0.2, 0.25) is 0 Å². The number of aromatic nitrogens is 1. The van der Waals surface area contributed by atoms with Crippen LogP contribution in [-0.4, -0.2) is 54.3 Å². The maximum absolute atomic E-state index is 13.1. The Morgan fingerprint density at radius 3 is 3.20 bits per heavy atom. The summed E-state index contributed by atoms with van der Waals surface area (Å²) in [4.78, 5) is 18.3. The van der Waals surface area contributed by atoms with Gasteiger partial charge >= 0.3 is 0 Å². The lowest BCUT2D eigenvalue weighted by Gasteiger charge is -2.39. The molecule has 2 fully saturated rings. The molecule has 1 saturated heterocycles. The fourth-order valence-electron chi connectivity index (χ4n) is 4.15. The van der Waals surface area contributed by atoms with Crippen molar-refractivity contribution in [2.45, 2.75) is 25.0 Å². The number of fused-ring (bicyclic) bond motifs is 2. The molecule has 1 N–H and O–H groups in total. The van der Waals surface area contributed by atoms with Gasteiger partial charge in [0.15, 0.2) is 0 Å². The molecule has 25 heavy (non-hydrogen) atoms. The van der Waals surface area contributed by atoms with Gasteiger partial charge in [-0.1, -0.05) is 6.08 Å². The average Bonchev–Trinajstić information content (AvgIpc) is 3.27. The molecule has 5 nitrogen and oxygen atoms in total. The van der Waals surface area contributed by atoms with Crippen molar-refractivity contribution < 1.29 is 14.3 Å². The number of benzene rings is 1. The van der Waals surface area contributed by atoms with E-state index in [2.05, 4.69) is 11.6 Å². The smallest absolute Gasteiger partial charge is 0.254 e. The summed E-state index contributed by atoms with van der Waals surface area (Å²) < 4.78 is 11.6. The maximum Gasteiger partial charge on any atom is 0.254 e. The SMILES string of the molecule is C=CCOC[C@@H]1CC[C@@H]2[C@H]1OCCN2C(=O)c1ccc2[nH]ccc2c1. The van der Waals surface area contributed by atoms with Crippen molar-refractivity contribution in [2.24, 2.45) is 5.92 Å². The van der Waals surface area contributed by atoms with E-state index in [9.17, 15) is 4.79 Å². The quantitative estimate of drug-likeness (QED) is 0.672. The second kappa shape index (κ2) is 7.02. The van der Waals surface area contributed by atoms with Crippen LogP contribution in [0.4, 0.5) is 0 Å². The molecule has 0 radical (unpaired) electrons. The van der Waals surface area contributed by atoms with Gasteiger partial charge in [0.25, 0.3) is 5.91 Å². The Morgan fingerprint density at radius 2 is 2.32 bits per heavy atom. The van der Waals surface area contributed by atoms with E-state index in [-0.39, 0.29) is 18.1 Å². The van der Waals surface area contributed by atoms with Crippen molar-refractivity contribution in [3.8, 4) is 0 Å². The summed E-state index contributed by atoms with van der Waals surface area (Å²) in [6.07, 6.45) is 5.76. The maximum atomic E-state index is 13.1. The predicted octanol–water partition coefficient (Wildman–Crippen LogP) is 2.99. The predicted molar refractivity (Wildman–Crippen MR) is 96.6 cm³/mol. The summed E-state index contributed by atoms with van der Waals surface area (Å²) >= 11 is 0. The number of hydrogen-bond donors (Lipinski definition) is 1. The van der Waals surface area contributed by atoms with E-state index >= 15 is 0 Å². The van der Waals surface area contributed by atoms with E-state index in [4.69, 9.17) is 9.47 Å². The Labute approximate surface area is 147 Å². The highest BCUT2D eigenvalue weighted by Gasteiger charge is 2.44. The molecule has 0 bridgehead atoms. The van der Waals surface area contributed by atoms with Gasteiger partial charge in [-0.05, 0) is 37.1 Å². The minimum absolute atomic E-state index is 0.0819. The van der Waals surface area contributed by atoms with Gasteiger partial charge in [0, 0.05) is 35.1 Å². The van der Waals surface area contributed by atoms with Gasteiger partial charge in [-0.15, -0.1) is 6.58 Å². The van der Waals surface area contributed by atoms with Crippen LogP contribution in [0, 0.1) is 5.92 Å². The van der Waals surface area contributed by atoms with Gasteiger partial charge in [0.1, 0.15) is 0 Å². The van der Waals surface area contributed by atoms with E-state index in [1.165, 1.54) is 0 Å². The Balaban J connectivity index is 1.50. The van der Waals surface area contributed by atoms with Crippen LogP contribution in [0.5, 0.6) is 0 Å². The third kappa shape index (κ3) is 3.10. The summed E-state index contributed by atoms with van der Waals surface area (Å²) in [6, 6.07) is 8.00. The summed E-state index contributed by atoms with van der Waals surface area (Å²) in [5, 5.41) is 1.07. The molecule has 5 heteroatoms. The number of aromatic amines is 1. The van der Waals surface area contributed by atoms with E-state index in [1.807, 2.05) is 35.4 Å². The van der Waals surface area contributed by atoms with Gasteiger partial charge in [0.05, 0.1) is 32.0 Å². The first-order chi connectivity index (χ1) is 12.3. The Kier molecular flexibility index (Phi) is 4.59. The minimum atomic E-state index is 0.0819. The van der Waals surface area contributed by atoms with E-state index in [1.54, 1.807) is 6.08 Å². The van der Waals surface area contributed by atoms with Crippen molar-refractivity contribution in [1.82, 2.24) is 9.88 Å². The van der Waals surface area contributed by atoms with Crippen LogP contribution in [-0.2, 0) is 9.47 Å². The minimum Gasteiger partial charge on any atom is -0.377 e. The molecule has 2 aromatic rings. The monoisotopic (exact) mass is 340 g/mol. The zero-order valence-corrected chi connectivity index (χ0v) is 14.3. The number of ether oxygens (including phenoxy) is 2. The van der Waals surface area contributed by atoms with Gasteiger partial charge in [-0.2, -0.15) is 0 Å². The molecule has 2 aliphatic rings. The lowest BCUT2D eigenvalue weighted by Crippen LogP contribution is -2.53. The number of amides is 1. The average molecular weight is 340 g/mol. The van der Waals surface area contributed by atoms with Gasteiger partial charge in [-0.3, -0.25) is 4.79 Å². The summed E-state index contributed by atoms with van der Waals surface area (Å²) in [6.45, 7) is 6.17. The first-order valence-corrected chi connectivity index (χ1v) is 8.96. The van der Waals surface area contributed by atoms with Crippen LogP contribution in [0.1, 0.15) is 23.2 Å². The highest BCUT2D eigenvalue weighted by atomic mass is 16.5. The zero-order valence-electron chi connectivity index (χ0n) is 14.3. The molecule has 1 aliphatic heterocycles. The molecule has 1 amide bonds. The fourth-order valence-corrected chi connectivity index (χ4v) is 4.15. The van der Waals surface area contributed by atoms with Crippen molar-refractivity contribution in [3.05, 3.63) is 48.7 Å². The number of morpholine rings is 1. The molecule has 3 atom stereocenters. The van der Waals surface area contributed by atoms with Crippen molar-refractivity contribution in [1.29, 1.82) is 0 Å². The third-order valence-corrected chi connectivity index (χ3v) is 5.35. The molecular formula is C20H24N2O3. The van der Waals surface area contributed by atoms with E-state index in [0.717, 1.165) is 29.3 Å². The number of hydrogen-bond acceptors (Lipinski definition) is 3. The number of carbonyl (C=O) groups excluding carboxylic acids is 1. The number of nitrogens with zero attached hydrogens (tertiary/aromatic N) is 1. The first kappa shape index (κ1) is 16.4. The highest BCUT2D eigenvalue weighted by Crippen LogP contribution is 2.35. The first-order valence-electron chi connectivity index (χ1n) is 8.96. The second-order valence-electron chi connectivity index (χ2n) is 6.84. The Hall–Kier alpha value is -2.11. The summed E-state index contributed by atoms with van der Waals surface area (Å²) in [7, 11) is 0. The largest absolute Gasteiger partial charge is 0.377 e. The molecule has 1 saturated carbocycles.